The van der Waals surface area contributed by atoms with Gasteiger partial charge in [0.15, 0.2) is 5.96 Å². The topological polar surface area (TPSA) is 93.9 Å². The first-order valence-corrected chi connectivity index (χ1v) is 15.0. The minimum Gasteiger partial charge on any atom is -0.370 e. The van der Waals surface area contributed by atoms with Crippen LogP contribution < -0.4 is 11.5 Å². The number of guanidine groups is 1. The van der Waals surface area contributed by atoms with Crippen LogP contribution in [0.5, 0.6) is 0 Å². The van der Waals surface area contributed by atoms with Gasteiger partial charge >= 0.3 is 0 Å². The molecule has 2 aromatic carbocycles. The SMILES string of the molecule is Cc1cc2c(cc1CN(CC1CCC(CN=C(N)N)CC1)C(=O)COCc1ccccc1)C(C)(C)CCC2(C)C. The number of hydrogen-bond donors (Lipinski definition) is 2. The van der Waals surface area contributed by atoms with Crippen LogP contribution >= 0.6 is 0 Å². The van der Waals surface area contributed by atoms with Gasteiger partial charge < -0.3 is 21.1 Å². The van der Waals surface area contributed by atoms with Crippen molar-refractivity contribution in [3.05, 3.63) is 70.3 Å². The summed E-state index contributed by atoms with van der Waals surface area (Å²) in [6, 6.07) is 14.9. The van der Waals surface area contributed by atoms with Crippen LogP contribution in [-0.4, -0.2) is 36.5 Å². The lowest BCUT2D eigenvalue weighted by molar-refractivity contribution is -0.138. The van der Waals surface area contributed by atoms with Crippen molar-refractivity contribution >= 4 is 11.9 Å². The molecule has 2 aliphatic carbocycles. The van der Waals surface area contributed by atoms with E-state index < -0.39 is 0 Å². The third-order valence-electron chi connectivity index (χ3n) is 9.34. The number of benzene rings is 2. The van der Waals surface area contributed by atoms with Gasteiger partial charge in [-0.1, -0.05) is 70.2 Å². The van der Waals surface area contributed by atoms with Crippen molar-refractivity contribution in [3.8, 4) is 0 Å². The van der Waals surface area contributed by atoms with Crippen LogP contribution in [-0.2, 0) is 33.5 Å². The second-order valence-corrected chi connectivity index (χ2v) is 13.5. The first-order chi connectivity index (χ1) is 18.9. The zero-order valence-corrected chi connectivity index (χ0v) is 25.3. The highest BCUT2D eigenvalue weighted by Gasteiger charge is 2.37. The van der Waals surface area contributed by atoms with E-state index in [-0.39, 0.29) is 29.3 Å². The normalized spacial score (nSPS) is 21.3. The summed E-state index contributed by atoms with van der Waals surface area (Å²) < 4.78 is 5.91. The highest BCUT2D eigenvalue weighted by molar-refractivity contribution is 5.77. The molecule has 0 unspecified atom stereocenters. The maximum absolute atomic E-state index is 13.6. The molecule has 4 rings (SSSR count). The smallest absolute Gasteiger partial charge is 0.248 e. The van der Waals surface area contributed by atoms with E-state index in [0.29, 0.717) is 31.5 Å². The number of carbonyl (C=O) groups is 1. The Morgan fingerprint density at radius 2 is 1.55 bits per heavy atom. The second-order valence-electron chi connectivity index (χ2n) is 13.5. The predicted octanol–water partition coefficient (Wildman–Crippen LogP) is 5.97. The van der Waals surface area contributed by atoms with Gasteiger partial charge in [-0.25, -0.2) is 0 Å². The molecule has 1 fully saturated rings. The molecule has 0 heterocycles. The van der Waals surface area contributed by atoms with Gasteiger partial charge in [-0.15, -0.1) is 0 Å². The highest BCUT2D eigenvalue weighted by Crippen LogP contribution is 2.46. The van der Waals surface area contributed by atoms with Crippen LogP contribution in [0.1, 0.15) is 94.0 Å². The Morgan fingerprint density at radius 1 is 0.950 bits per heavy atom. The highest BCUT2D eigenvalue weighted by atomic mass is 16.5. The lowest BCUT2D eigenvalue weighted by Crippen LogP contribution is -2.39. The number of aliphatic imine (C=N–C) groups is 1. The van der Waals surface area contributed by atoms with Crippen molar-refractivity contribution in [3.63, 3.8) is 0 Å². The zero-order chi connectivity index (χ0) is 28.9. The second kappa shape index (κ2) is 12.8. The molecule has 0 bridgehead atoms. The number of nitrogens with two attached hydrogens (primary N) is 2. The molecule has 2 aromatic rings. The zero-order valence-electron chi connectivity index (χ0n) is 25.3. The van der Waals surface area contributed by atoms with Gasteiger partial charge in [-0.05, 0) is 95.9 Å². The van der Waals surface area contributed by atoms with E-state index in [0.717, 1.165) is 37.8 Å². The Bertz CT molecular complexity index is 1180. The molecule has 0 saturated heterocycles. The number of amides is 1. The van der Waals surface area contributed by atoms with Gasteiger partial charge in [0, 0.05) is 19.6 Å². The molecule has 0 radical (unpaired) electrons. The lowest BCUT2D eigenvalue weighted by atomic mass is 9.62. The quantitative estimate of drug-likeness (QED) is 0.284. The van der Waals surface area contributed by atoms with E-state index >= 15 is 0 Å². The van der Waals surface area contributed by atoms with E-state index in [4.69, 9.17) is 16.2 Å². The number of ether oxygens (including phenoxy) is 1. The van der Waals surface area contributed by atoms with Crippen LogP contribution in [0.2, 0.25) is 0 Å². The number of carbonyl (C=O) groups excluding carboxylic acids is 1. The number of rotatable bonds is 10. The molecule has 0 spiro atoms. The molecular formula is C34H50N4O2. The van der Waals surface area contributed by atoms with Gasteiger partial charge in [0.1, 0.15) is 6.61 Å². The Hall–Kier alpha value is -2.86. The summed E-state index contributed by atoms with van der Waals surface area (Å²) >= 11 is 0. The van der Waals surface area contributed by atoms with Crippen LogP contribution in [0, 0.1) is 18.8 Å². The summed E-state index contributed by atoms with van der Waals surface area (Å²) in [6.45, 7) is 14.3. The fourth-order valence-corrected chi connectivity index (χ4v) is 6.46. The number of hydrogen-bond acceptors (Lipinski definition) is 3. The van der Waals surface area contributed by atoms with Gasteiger partial charge in [-0.2, -0.15) is 0 Å². The minimum absolute atomic E-state index is 0.0651. The van der Waals surface area contributed by atoms with E-state index in [2.05, 4.69) is 56.6 Å². The fraction of sp³-hybridized carbons (Fsp3) is 0.588. The summed E-state index contributed by atoms with van der Waals surface area (Å²) in [7, 11) is 0. The third-order valence-corrected chi connectivity index (χ3v) is 9.34. The van der Waals surface area contributed by atoms with Crippen LogP contribution in [0.4, 0.5) is 0 Å². The van der Waals surface area contributed by atoms with E-state index in [1.165, 1.54) is 35.1 Å². The Labute approximate surface area is 241 Å². The molecule has 0 aliphatic heterocycles. The molecule has 0 atom stereocenters. The van der Waals surface area contributed by atoms with Gasteiger partial charge in [0.25, 0.3) is 0 Å². The fourth-order valence-electron chi connectivity index (χ4n) is 6.46. The Morgan fingerprint density at radius 3 is 2.17 bits per heavy atom. The van der Waals surface area contributed by atoms with Gasteiger partial charge in [-0.3, -0.25) is 9.79 Å². The van der Waals surface area contributed by atoms with E-state index in [1.54, 1.807) is 0 Å². The van der Waals surface area contributed by atoms with Crippen LogP contribution in [0.25, 0.3) is 0 Å². The molecule has 218 valence electrons. The number of fused-ring (bicyclic) bond motifs is 1. The molecule has 2 aliphatic rings. The van der Waals surface area contributed by atoms with Gasteiger partial charge in [0.2, 0.25) is 5.91 Å². The van der Waals surface area contributed by atoms with Crippen molar-refractivity contribution in [2.24, 2.45) is 28.3 Å². The van der Waals surface area contributed by atoms with Crippen molar-refractivity contribution in [1.29, 1.82) is 0 Å². The maximum Gasteiger partial charge on any atom is 0.248 e. The first kappa shape index (κ1) is 30.1. The van der Waals surface area contributed by atoms with Crippen molar-refractivity contribution in [2.45, 2.75) is 97.1 Å². The van der Waals surface area contributed by atoms with Crippen LogP contribution in [0.15, 0.2) is 47.5 Å². The lowest BCUT2D eigenvalue weighted by Gasteiger charge is -2.42. The largest absolute Gasteiger partial charge is 0.370 e. The molecule has 0 aromatic heterocycles. The average molecular weight is 547 g/mol. The number of aryl methyl sites for hydroxylation is 1. The molecule has 40 heavy (non-hydrogen) atoms. The third kappa shape index (κ3) is 7.66. The molecular weight excluding hydrogens is 496 g/mol. The summed E-state index contributed by atoms with van der Waals surface area (Å²) in [5.74, 6) is 1.23. The van der Waals surface area contributed by atoms with Gasteiger partial charge in [0.05, 0.1) is 6.61 Å². The minimum atomic E-state index is 0.0651. The molecule has 6 heteroatoms. The average Bonchev–Trinajstić information content (AvgIpc) is 2.91. The molecule has 4 N–H and O–H groups in total. The van der Waals surface area contributed by atoms with Crippen LogP contribution in [0.3, 0.4) is 0 Å². The predicted molar refractivity (Wildman–Crippen MR) is 164 cm³/mol. The monoisotopic (exact) mass is 546 g/mol. The maximum atomic E-state index is 13.6. The first-order valence-electron chi connectivity index (χ1n) is 15.0. The Kier molecular flexibility index (Phi) is 9.60. The molecule has 1 saturated carbocycles. The summed E-state index contributed by atoms with van der Waals surface area (Å²) in [4.78, 5) is 19.9. The summed E-state index contributed by atoms with van der Waals surface area (Å²) in [5.41, 5.74) is 17.9. The standard InChI is InChI=1S/C34H50N4O2/c1-24-17-29-30(34(4,5)16-15-33(29,2)3)18-28(24)21-38(31(39)23-40-22-27-9-7-6-8-10-27)20-26-13-11-25(12-14-26)19-37-32(35)36/h6-10,17-18,25-26H,11-16,19-23H2,1-5H3,(H4,35,36,37). The molecule has 6 nitrogen and oxygen atoms in total. The number of nitrogens with zero attached hydrogens (tertiary/aromatic N) is 2. The van der Waals surface area contributed by atoms with Crippen molar-refractivity contribution < 1.29 is 9.53 Å². The summed E-state index contributed by atoms with van der Waals surface area (Å²) in [6.07, 6.45) is 6.73. The van der Waals surface area contributed by atoms with Crippen molar-refractivity contribution in [2.75, 3.05) is 19.7 Å². The molecule has 1 amide bonds. The van der Waals surface area contributed by atoms with E-state index in [9.17, 15) is 4.79 Å². The van der Waals surface area contributed by atoms with Crippen molar-refractivity contribution in [1.82, 2.24) is 4.90 Å². The van der Waals surface area contributed by atoms with E-state index in [1.807, 2.05) is 30.3 Å². The summed E-state index contributed by atoms with van der Waals surface area (Å²) in [5, 5.41) is 0. The Balaban J connectivity index is 1.50.